The van der Waals surface area contributed by atoms with Crippen LogP contribution in [-0.2, 0) is 4.79 Å². The van der Waals surface area contributed by atoms with Crippen molar-refractivity contribution >= 4 is 33.2 Å². The zero-order valence-electron chi connectivity index (χ0n) is 11.3. The number of aliphatic carboxylic acids is 1. The van der Waals surface area contributed by atoms with Crippen molar-refractivity contribution in [1.82, 2.24) is 0 Å². The summed E-state index contributed by atoms with van der Waals surface area (Å²) in [5, 5.41) is 18.5. The molecule has 0 saturated carbocycles. The maximum atomic E-state index is 14.0. The van der Waals surface area contributed by atoms with Gasteiger partial charge in [-0.15, -0.1) is 11.3 Å². The predicted molar refractivity (Wildman–Crippen MR) is 75.7 cm³/mol. The van der Waals surface area contributed by atoms with Crippen molar-refractivity contribution in [2.24, 2.45) is 5.92 Å². The Labute approximate surface area is 123 Å². The van der Waals surface area contributed by atoms with Crippen molar-refractivity contribution in [2.75, 3.05) is 7.11 Å². The number of aromatic hydroxyl groups is 1. The number of halogens is 1. The second-order valence-corrected chi connectivity index (χ2v) is 5.71. The average Bonchev–Trinajstić information content (AvgIpc) is 2.86. The number of fused-ring (bicyclic) bond motifs is 1. The van der Waals surface area contributed by atoms with Crippen LogP contribution in [0.25, 0.3) is 10.1 Å². The van der Waals surface area contributed by atoms with E-state index in [2.05, 4.69) is 0 Å². The largest absolute Gasteiger partial charge is 0.502 e. The van der Waals surface area contributed by atoms with Crippen molar-refractivity contribution in [3.8, 4) is 11.5 Å². The molecule has 112 valence electrons. The van der Waals surface area contributed by atoms with E-state index in [9.17, 15) is 19.1 Å². The summed E-state index contributed by atoms with van der Waals surface area (Å²) in [5.41, 5.74) is 0. The quantitative estimate of drug-likeness (QED) is 0.829. The molecule has 0 aliphatic heterocycles. The fourth-order valence-electron chi connectivity index (χ4n) is 1.87. The normalized spacial score (nSPS) is 12.3. The van der Waals surface area contributed by atoms with Gasteiger partial charge in [0.05, 0.1) is 17.9 Å². The van der Waals surface area contributed by atoms with Crippen LogP contribution in [0.15, 0.2) is 12.1 Å². The van der Waals surface area contributed by atoms with Gasteiger partial charge in [-0.25, -0.2) is 4.39 Å². The number of Topliss-reactive ketones (excluding diaryl/α,β-unsaturated/α-hetero) is 1. The van der Waals surface area contributed by atoms with Gasteiger partial charge in [0.25, 0.3) is 0 Å². The number of carboxylic acid groups (broad SMARTS) is 1. The molecular formula is C14H13FO5S. The van der Waals surface area contributed by atoms with E-state index in [1.807, 2.05) is 0 Å². The van der Waals surface area contributed by atoms with Crippen LogP contribution in [0.3, 0.4) is 0 Å². The zero-order chi connectivity index (χ0) is 15.7. The van der Waals surface area contributed by atoms with Gasteiger partial charge in [-0.1, -0.05) is 6.92 Å². The van der Waals surface area contributed by atoms with Gasteiger partial charge in [0.1, 0.15) is 0 Å². The van der Waals surface area contributed by atoms with Gasteiger partial charge in [0.15, 0.2) is 23.1 Å². The van der Waals surface area contributed by atoms with Gasteiger partial charge in [0.2, 0.25) is 0 Å². The summed E-state index contributed by atoms with van der Waals surface area (Å²) >= 11 is 1.04. The molecule has 1 aromatic heterocycles. The van der Waals surface area contributed by atoms with E-state index >= 15 is 0 Å². The predicted octanol–water partition coefficient (Wildman–Crippen LogP) is 3.05. The van der Waals surface area contributed by atoms with E-state index in [-0.39, 0.29) is 28.2 Å². The van der Waals surface area contributed by atoms with Crippen LogP contribution in [0, 0.1) is 11.7 Å². The van der Waals surface area contributed by atoms with Gasteiger partial charge in [-0.3, -0.25) is 9.59 Å². The summed E-state index contributed by atoms with van der Waals surface area (Å²) in [6.45, 7) is 1.43. The number of thiophene rings is 1. The molecule has 1 aromatic carbocycles. The van der Waals surface area contributed by atoms with Gasteiger partial charge < -0.3 is 14.9 Å². The molecule has 0 aliphatic carbocycles. The highest BCUT2D eigenvalue weighted by Crippen LogP contribution is 2.39. The lowest BCUT2D eigenvalue weighted by molar-refractivity contribution is -0.141. The molecule has 0 bridgehead atoms. The molecule has 0 amide bonds. The number of phenols is 1. The standard InChI is InChI=1S/C14H13FO5S/c1-6(14(18)19)3-8(16)11-4-7-10(21-11)5-9(20-2)13(17)12(7)15/h4-6,17H,3H2,1-2H3,(H,18,19)/t6-/m1/s1. The van der Waals surface area contributed by atoms with E-state index in [4.69, 9.17) is 9.84 Å². The Hall–Kier alpha value is -2.15. The molecule has 1 heterocycles. The molecule has 2 aromatic rings. The minimum absolute atomic E-state index is 0.0141. The Morgan fingerprint density at radius 1 is 1.43 bits per heavy atom. The lowest BCUT2D eigenvalue weighted by atomic mass is 10.0. The molecule has 0 spiro atoms. The van der Waals surface area contributed by atoms with Crippen LogP contribution < -0.4 is 4.74 Å². The van der Waals surface area contributed by atoms with Gasteiger partial charge in [0, 0.05) is 22.6 Å². The van der Waals surface area contributed by atoms with Crippen molar-refractivity contribution in [1.29, 1.82) is 0 Å². The first-order valence-electron chi connectivity index (χ1n) is 6.10. The van der Waals surface area contributed by atoms with Crippen LogP contribution in [-0.4, -0.2) is 29.1 Å². The first-order chi connectivity index (χ1) is 9.85. The number of carbonyl (C=O) groups is 2. The van der Waals surface area contributed by atoms with Crippen molar-refractivity contribution in [2.45, 2.75) is 13.3 Å². The molecule has 0 saturated heterocycles. The number of ketones is 1. The summed E-state index contributed by atoms with van der Waals surface area (Å²) in [6, 6.07) is 2.77. The monoisotopic (exact) mass is 312 g/mol. The lowest BCUT2D eigenvalue weighted by Gasteiger charge is -2.04. The third kappa shape index (κ3) is 2.82. The van der Waals surface area contributed by atoms with Crippen molar-refractivity contribution in [3.05, 3.63) is 22.8 Å². The molecule has 2 N–H and O–H groups in total. The molecule has 0 fully saturated rings. The minimum atomic E-state index is -1.06. The van der Waals surface area contributed by atoms with E-state index in [0.717, 1.165) is 11.3 Å². The second kappa shape index (κ2) is 5.69. The van der Waals surface area contributed by atoms with Gasteiger partial charge in [-0.2, -0.15) is 0 Å². The molecule has 21 heavy (non-hydrogen) atoms. The summed E-state index contributed by atoms with van der Waals surface area (Å²) in [4.78, 5) is 23.0. The molecule has 1 atom stereocenters. The highest BCUT2D eigenvalue weighted by Gasteiger charge is 2.21. The number of carboxylic acids is 1. The van der Waals surface area contributed by atoms with Gasteiger partial charge >= 0.3 is 5.97 Å². The van der Waals surface area contributed by atoms with Crippen LogP contribution in [0.1, 0.15) is 23.0 Å². The Morgan fingerprint density at radius 2 is 2.10 bits per heavy atom. The van der Waals surface area contributed by atoms with E-state index in [1.54, 1.807) is 0 Å². The summed E-state index contributed by atoms with van der Waals surface area (Å²) in [6.07, 6.45) is -0.160. The first-order valence-corrected chi connectivity index (χ1v) is 6.91. The minimum Gasteiger partial charge on any atom is -0.502 e. The highest BCUT2D eigenvalue weighted by molar-refractivity contribution is 7.20. The number of hydrogen-bond donors (Lipinski definition) is 2. The Bertz CT molecular complexity index is 722. The molecule has 5 nitrogen and oxygen atoms in total. The molecule has 0 radical (unpaired) electrons. The summed E-state index contributed by atoms with van der Waals surface area (Å²) < 4.78 is 19.3. The van der Waals surface area contributed by atoms with Gasteiger partial charge in [-0.05, 0) is 6.07 Å². The van der Waals surface area contributed by atoms with E-state index < -0.39 is 23.5 Å². The number of phenolic OH excluding ortho intramolecular Hbond substituents is 1. The molecule has 0 unspecified atom stereocenters. The number of carbonyl (C=O) groups excluding carboxylic acids is 1. The maximum Gasteiger partial charge on any atom is 0.306 e. The number of benzene rings is 1. The van der Waals surface area contributed by atoms with Crippen molar-refractivity contribution < 1.29 is 28.9 Å². The summed E-state index contributed by atoms with van der Waals surface area (Å²) in [7, 11) is 1.30. The smallest absolute Gasteiger partial charge is 0.306 e. The fourth-order valence-corrected chi connectivity index (χ4v) is 2.90. The Morgan fingerprint density at radius 3 is 2.67 bits per heavy atom. The molecule has 0 aliphatic rings. The van der Waals surface area contributed by atoms with Crippen LogP contribution in [0.4, 0.5) is 4.39 Å². The number of hydrogen-bond acceptors (Lipinski definition) is 5. The molecule has 7 heteroatoms. The number of rotatable bonds is 5. The highest BCUT2D eigenvalue weighted by atomic mass is 32.1. The number of ether oxygens (including phenoxy) is 1. The van der Waals surface area contributed by atoms with Crippen LogP contribution >= 0.6 is 11.3 Å². The fraction of sp³-hybridized carbons (Fsp3) is 0.286. The lowest BCUT2D eigenvalue weighted by Crippen LogP contribution is -2.13. The zero-order valence-corrected chi connectivity index (χ0v) is 12.2. The van der Waals surface area contributed by atoms with Crippen LogP contribution in [0.5, 0.6) is 11.5 Å². The molecule has 2 rings (SSSR count). The van der Waals surface area contributed by atoms with Crippen molar-refractivity contribution in [3.63, 3.8) is 0 Å². The Kier molecular flexibility index (Phi) is 4.13. The average molecular weight is 312 g/mol. The number of methoxy groups -OCH3 is 1. The SMILES string of the molecule is COc1cc2sc(C(=O)C[C@@H](C)C(=O)O)cc2c(F)c1O. The first kappa shape index (κ1) is 15.2. The third-order valence-corrected chi connectivity index (χ3v) is 4.23. The second-order valence-electron chi connectivity index (χ2n) is 4.63. The van der Waals surface area contributed by atoms with E-state index in [1.165, 1.54) is 26.2 Å². The molecular weight excluding hydrogens is 299 g/mol. The third-order valence-electron chi connectivity index (χ3n) is 3.11. The van der Waals surface area contributed by atoms with Crippen LogP contribution in [0.2, 0.25) is 0 Å². The Balaban J connectivity index is 2.41. The summed E-state index contributed by atoms with van der Waals surface area (Å²) in [5.74, 6) is -3.72. The topological polar surface area (TPSA) is 83.8 Å². The maximum absolute atomic E-state index is 14.0. The van der Waals surface area contributed by atoms with E-state index in [0.29, 0.717) is 4.70 Å².